The Morgan fingerprint density at radius 2 is 2.04 bits per heavy atom. The number of fused-ring (bicyclic) bond motifs is 4. The molecule has 6 atom stereocenters. The lowest BCUT2D eigenvalue weighted by molar-refractivity contribution is -0.116. The van der Waals surface area contributed by atoms with Crippen molar-refractivity contribution in [3.05, 3.63) is 64.3 Å². The number of carbonyl (C=O) groups is 2. The molecule has 1 aromatic carbocycles. The van der Waals surface area contributed by atoms with Crippen LogP contribution in [0.15, 0.2) is 46.8 Å². The van der Waals surface area contributed by atoms with Gasteiger partial charge in [0.1, 0.15) is 11.5 Å². The molecular weight excluding hydrogens is 634 g/mol. The summed E-state index contributed by atoms with van der Waals surface area (Å²) in [5, 5.41) is 0.744. The number of allylic oxidation sites excluding steroid dienone is 1. The Morgan fingerprint density at radius 1 is 1.19 bits per heavy atom. The Hall–Kier alpha value is -2.75. The smallest absolute Gasteiger partial charge is 0.303 e. The SMILES string of the molecule is CO[C@H]1/C=C/C[C@H](C)C[S@@](=O)(CC(=O)CC2CC2)=NC(=O)c2ccc3c(n2)N(C[C@@H]2CC[C@H]21)C[C@@]1(CCCc2cc(Cl)ccc21)CO3. The first-order valence-corrected chi connectivity index (χ1v) is 19.5. The first-order valence-electron chi connectivity index (χ1n) is 17.3. The van der Waals surface area contributed by atoms with E-state index >= 15 is 0 Å². The third-order valence-electron chi connectivity index (χ3n) is 11.0. The average Bonchev–Trinajstić information content (AvgIpc) is 3.85. The molecule has 2 fully saturated rings. The highest BCUT2D eigenvalue weighted by Gasteiger charge is 2.45. The number of aromatic nitrogens is 1. The molecule has 2 aromatic rings. The highest BCUT2D eigenvalue weighted by atomic mass is 35.5. The van der Waals surface area contributed by atoms with E-state index in [0.29, 0.717) is 55.3 Å². The number of Topliss-reactive ketones (excluding diaryl/α,β-unsaturated/α-hetero) is 1. The van der Waals surface area contributed by atoms with E-state index in [0.717, 1.165) is 56.5 Å². The van der Waals surface area contributed by atoms with Crippen LogP contribution in [0.3, 0.4) is 0 Å². The summed E-state index contributed by atoms with van der Waals surface area (Å²) in [7, 11) is -1.37. The van der Waals surface area contributed by atoms with Crippen molar-refractivity contribution in [2.45, 2.75) is 76.2 Å². The van der Waals surface area contributed by atoms with Gasteiger partial charge < -0.3 is 14.4 Å². The van der Waals surface area contributed by atoms with E-state index in [9.17, 15) is 13.8 Å². The van der Waals surface area contributed by atoms with Crippen LogP contribution in [-0.2, 0) is 31.1 Å². The molecule has 0 unspecified atom stereocenters. The number of benzene rings is 1. The number of pyridine rings is 1. The lowest BCUT2D eigenvalue weighted by Gasteiger charge is -2.45. The second kappa shape index (κ2) is 13.3. The number of hydrogen-bond acceptors (Lipinski definition) is 7. The molecule has 0 radical (unpaired) electrons. The van der Waals surface area contributed by atoms with Gasteiger partial charge in [-0.15, -0.1) is 0 Å². The summed E-state index contributed by atoms with van der Waals surface area (Å²) in [4.78, 5) is 34.0. The van der Waals surface area contributed by atoms with Gasteiger partial charge in [-0.25, -0.2) is 9.19 Å². The molecule has 0 N–H and O–H groups in total. The number of amides is 1. The van der Waals surface area contributed by atoms with Crippen molar-refractivity contribution >= 4 is 38.8 Å². The quantitative estimate of drug-likeness (QED) is 0.320. The first-order chi connectivity index (χ1) is 22.6. The van der Waals surface area contributed by atoms with Crippen molar-refractivity contribution in [3.8, 4) is 5.75 Å². The highest BCUT2D eigenvalue weighted by molar-refractivity contribution is 7.94. The Morgan fingerprint density at radius 3 is 2.81 bits per heavy atom. The standard InChI is InChI=1S/C37H46ClN3O5S/c1-24-5-3-7-33(45-2)30-12-10-27(30)19-41-22-37(16-4-6-26-18-28(38)11-13-31(26)37)23-46-34-15-14-32(39-35(34)41)36(43)40-47(44,20-24)21-29(42)17-25-8-9-25/h3,7,11,13-15,18,24-25,27,30,33H,4-6,8-10,12,16-17,19-23H2,1-2H3/b7-3+/t24-,27-,30+,33-,37-,47+/m0/s1. The van der Waals surface area contributed by atoms with Crippen LogP contribution in [0.25, 0.3) is 0 Å². The molecule has 2 saturated carbocycles. The maximum Gasteiger partial charge on any atom is 0.303 e. The third-order valence-corrected chi connectivity index (χ3v) is 13.6. The van der Waals surface area contributed by atoms with Crippen molar-refractivity contribution < 1.29 is 23.3 Å². The van der Waals surface area contributed by atoms with E-state index in [4.69, 9.17) is 26.1 Å². The second-order valence-electron chi connectivity index (χ2n) is 14.8. The molecule has 8 nitrogen and oxygen atoms in total. The van der Waals surface area contributed by atoms with Crippen LogP contribution in [-0.4, -0.2) is 65.3 Å². The predicted octanol–water partition coefficient (Wildman–Crippen LogP) is 6.82. The largest absolute Gasteiger partial charge is 0.489 e. The van der Waals surface area contributed by atoms with Gasteiger partial charge in [0.05, 0.1) is 28.2 Å². The minimum absolute atomic E-state index is 0.0278. The van der Waals surface area contributed by atoms with Crippen LogP contribution in [0.1, 0.15) is 79.9 Å². The zero-order chi connectivity index (χ0) is 32.8. The fraction of sp³-hybridized carbons (Fsp3) is 0.595. The molecule has 3 heterocycles. The molecule has 252 valence electrons. The van der Waals surface area contributed by atoms with Gasteiger partial charge >= 0.3 is 5.91 Å². The van der Waals surface area contributed by atoms with E-state index in [1.54, 1.807) is 13.2 Å². The van der Waals surface area contributed by atoms with Gasteiger partial charge in [-0.1, -0.05) is 36.7 Å². The fourth-order valence-corrected chi connectivity index (χ4v) is 10.8. The summed E-state index contributed by atoms with van der Waals surface area (Å²) in [5.74, 6) is 1.61. The molecular formula is C37H46ClN3O5S. The van der Waals surface area contributed by atoms with E-state index in [2.05, 4.69) is 33.5 Å². The number of methoxy groups -OCH3 is 1. The van der Waals surface area contributed by atoms with E-state index in [1.807, 2.05) is 19.1 Å². The minimum Gasteiger partial charge on any atom is -0.489 e. The topological polar surface area (TPSA) is 98.2 Å². The maximum atomic E-state index is 14.3. The van der Waals surface area contributed by atoms with Crippen molar-refractivity contribution in [1.29, 1.82) is 0 Å². The molecule has 0 saturated heterocycles. The lowest BCUT2D eigenvalue weighted by atomic mass is 9.68. The summed E-state index contributed by atoms with van der Waals surface area (Å²) >= 11 is 6.44. The van der Waals surface area contributed by atoms with Crippen LogP contribution in [0, 0.1) is 23.7 Å². The van der Waals surface area contributed by atoms with Crippen molar-refractivity contribution in [2.24, 2.45) is 28.0 Å². The van der Waals surface area contributed by atoms with Gasteiger partial charge in [0.2, 0.25) is 0 Å². The monoisotopic (exact) mass is 679 g/mol. The van der Waals surface area contributed by atoms with E-state index < -0.39 is 15.6 Å². The molecule has 10 heteroatoms. The van der Waals surface area contributed by atoms with Gasteiger partial charge in [0.25, 0.3) is 0 Å². The zero-order valence-electron chi connectivity index (χ0n) is 27.5. The van der Waals surface area contributed by atoms with Crippen LogP contribution in [0.4, 0.5) is 5.82 Å². The van der Waals surface area contributed by atoms with Gasteiger partial charge in [-0.3, -0.25) is 9.59 Å². The number of anilines is 1. The Bertz CT molecular complexity index is 1700. The average molecular weight is 680 g/mol. The molecule has 1 spiro atoms. The Labute approximate surface area is 283 Å². The van der Waals surface area contributed by atoms with Crippen molar-refractivity contribution in [1.82, 2.24) is 4.98 Å². The van der Waals surface area contributed by atoms with Crippen LogP contribution >= 0.6 is 11.6 Å². The summed E-state index contributed by atoms with van der Waals surface area (Å²) in [6, 6.07) is 9.67. The highest BCUT2D eigenvalue weighted by Crippen LogP contribution is 2.46. The number of rotatable bonds is 5. The number of carbonyl (C=O) groups excluding carboxylic acids is 2. The third kappa shape index (κ3) is 7.04. The number of hydrogen-bond donors (Lipinski definition) is 0. The van der Waals surface area contributed by atoms with E-state index in [-0.39, 0.29) is 40.4 Å². The normalized spacial score (nSPS) is 33.0. The van der Waals surface area contributed by atoms with Gasteiger partial charge in [-0.2, -0.15) is 4.36 Å². The molecule has 1 amide bonds. The van der Waals surface area contributed by atoms with Gasteiger partial charge in [0, 0.05) is 42.8 Å². The van der Waals surface area contributed by atoms with E-state index in [1.165, 1.54) is 11.1 Å². The number of halogens is 1. The summed E-state index contributed by atoms with van der Waals surface area (Å²) in [6.07, 6.45) is 12.5. The first kappa shape index (κ1) is 32.8. The molecule has 2 bridgehead atoms. The fourth-order valence-electron chi connectivity index (χ4n) is 8.27. The Kier molecular flexibility index (Phi) is 9.26. The van der Waals surface area contributed by atoms with Crippen molar-refractivity contribution in [3.63, 3.8) is 0 Å². The minimum atomic E-state index is -3.15. The summed E-state index contributed by atoms with van der Waals surface area (Å²) < 4.78 is 31.3. The number of ketones is 1. The molecule has 3 aliphatic carbocycles. The molecule has 2 aliphatic heterocycles. The second-order valence-corrected chi connectivity index (χ2v) is 17.5. The van der Waals surface area contributed by atoms with Crippen LogP contribution in [0.5, 0.6) is 5.75 Å². The summed E-state index contributed by atoms with van der Waals surface area (Å²) in [6.45, 7) is 3.95. The zero-order valence-corrected chi connectivity index (χ0v) is 29.1. The van der Waals surface area contributed by atoms with Gasteiger partial charge in [0.15, 0.2) is 11.6 Å². The van der Waals surface area contributed by atoms with Crippen LogP contribution in [0.2, 0.25) is 5.02 Å². The lowest BCUT2D eigenvalue weighted by Crippen LogP contribution is -2.49. The molecule has 1 aromatic heterocycles. The van der Waals surface area contributed by atoms with Gasteiger partial charge in [-0.05, 0) is 110 Å². The number of ether oxygens (including phenoxy) is 2. The molecule has 47 heavy (non-hydrogen) atoms. The maximum absolute atomic E-state index is 14.3. The molecule has 7 rings (SSSR count). The number of nitrogens with zero attached hydrogens (tertiary/aromatic N) is 3. The predicted molar refractivity (Wildman–Crippen MR) is 185 cm³/mol. The Balaban J connectivity index is 1.29. The van der Waals surface area contributed by atoms with Crippen molar-refractivity contribution in [2.75, 3.05) is 43.2 Å². The molecule has 5 aliphatic rings. The van der Waals surface area contributed by atoms with Crippen LogP contribution < -0.4 is 9.64 Å². The number of aryl methyl sites for hydroxylation is 1. The summed E-state index contributed by atoms with van der Waals surface area (Å²) in [5.41, 5.74) is 2.40.